The summed E-state index contributed by atoms with van der Waals surface area (Å²) in [5.41, 5.74) is 1.97. The number of nitrogens with zero attached hydrogens (tertiary/aromatic N) is 2. The highest BCUT2D eigenvalue weighted by Gasteiger charge is 2.21. The summed E-state index contributed by atoms with van der Waals surface area (Å²) in [6, 6.07) is 0.329. The van der Waals surface area contributed by atoms with E-state index in [9.17, 15) is 0 Å². The summed E-state index contributed by atoms with van der Waals surface area (Å²) in [6.07, 6.45) is 7.81. The molecule has 17 heavy (non-hydrogen) atoms. The van der Waals surface area contributed by atoms with Gasteiger partial charge in [0.1, 0.15) is 5.82 Å². The fourth-order valence-electron chi connectivity index (χ4n) is 2.23. The summed E-state index contributed by atoms with van der Waals surface area (Å²) in [4.78, 5) is 8.82. The van der Waals surface area contributed by atoms with Crippen LogP contribution in [0.2, 0.25) is 0 Å². The second kappa shape index (κ2) is 5.67. The van der Waals surface area contributed by atoms with Crippen molar-refractivity contribution in [1.29, 1.82) is 0 Å². The number of aryl methyl sites for hydroxylation is 2. The maximum Gasteiger partial charge on any atom is 0.145 e. The molecule has 0 radical (unpaired) electrons. The van der Waals surface area contributed by atoms with Gasteiger partial charge >= 0.3 is 0 Å². The molecule has 0 aliphatic heterocycles. The summed E-state index contributed by atoms with van der Waals surface area (Å²) >= 11 is 6.40. The monoisotopic (exact) mass is 253 g/mol. The average Bonchev–Trinajstić information content (AvgIpc) is 2.50. The Kier molecular flexibility index (Phi) is 4.21. The molecule has 1 N–H and O–H groups in total. The number of aromatic nitrogens is 2. The summed E-state index contributed by atoms with van der Waals surface area (Å²) in [6.45, 7) is 3.96. The van der Waals surface area contributed by atoms with Crippen molar-refractivity contribution in [2.24, 2.45) is 0 Å². The Morgan fingerprint density at radius 3 is 2.71 bits per heavy atom. The number of hydrogen-bond donors (Lipinski definition) is 1. The van der Waals surface area contributed by atoms with Crippen molar-refractivity contribution in [2.75, 3.05) is 5.32 Å². The molecule has 0 bridgehead atoms. The molecule has 1 heterocycles. The van der Waals surface area contributed by atoms with Crippen LogP contribution in [0.3, 0.4) is 0 Å². The molecular formula is C13H20ClN3. The highest BCUT2D eigenvalue weighted by molar-refractivity contribution is 6.21. The van der Waals surface area contributed by atoms with Crippen LogP contribution in [0, 0.1) is 13.8 Å². The lowest BCUT2D eigenvalue weighted by Gasteiger charge is -2.21. The van der Waals surface area contributed by atoms with Crippen molar-refractivity contribution in [1.82, 2.24) is 9.97 Å². The van der Waals surface area contributed by atoms with E-state index in [-0.39, 0.29) is 5.38 Å². The van der Waals surface area contributed by atoms with Gasteiger partial charge in [-0.15, -0.1) is 11.6 Å². The molecule has 1 fully saturated rings. The minimum absolute atomic E-state index is 0.209. The van der Waals surface area contributed by atoms with Gasteiger partial charge < -0.3 is 5.32 Å². The van der Waals surface area contributed by atoms with E-state index in [1.807, 2.05) is 13.8 Å². The predicted molar refractivity (Wildman–Crippen MR) is 71.6 cm³/mol. The molecule has 4 heteroatoms. The van der Waals surface area contributed by atoms with E-state index >= 15 is 0 Å². The number of halogens is 1. The van der Waals surface area contributed by atoms with Crippen molar-refractivity contribution >= 4 is 17.4 Å². The standard InChI is InChI=1S/C13H20ClN3/c1-9-10(2)16-13(8-15-9)17-12-7-5-3-4-6-11(12)14/h8,11-12H,3-7H2,1-2H3,(H,16,17). The summed E-state index contributed by atoms with van der Waals surface area (Å²) in [5, 5.41) is 3.64. The van der Waals surface area contributed by atoms with Crippen LogP contribution in [0.5, 0.6) is 0 Å². The minimum atomic E-state index is 0.209. The third-order valence-corrected chi connectivity index (χ3v) is 3.98. The Hall–Kier alpha value is -0.830. The number of rotatable bonds is 2. The highest BCUT2D eigenvalue weighted by atomic mass is 35.5. The van der Waals surface area contributed by atoms with Crippen LogP contribution in [-0.2, 0) is 0 Å². The summed E-state index contributed by atoms with van der Waals surface area (Å²) < 4.78 is 0. The van der Waals surface area contributed by atoms with Gasteiger partial charge in [0.15, 0.2) is 0 Å². The van der Waals surface area contributed by atoms with Gasteiger partial charge in [-0.2, -0.15) is 0 Å². The predicted octanol–water partition coefficient (Wildman–Crippen LogP) is 3.45. The van der Waals surface area contributed by atoms with Gasteiger partial charge in [-0.3, -0.25) is 4.98 Å². The van der Waals surface area contributed by atoms with Crippen molar-refractivity contribution in [3.63, 3.8) is 0 Å². The Labute approximate surface area is 108 Å². The zero-order valence-electron chi connectivity index (χ0n) is 10.5. The maximum atomic E-state index is 6.40. The number of nitrogens with one attached hydrogen (secondary N) is 1. The van der Waals surface area contributed by atoms with Crippen LogP contribution in [0.25, 0.3) is 0 Å². The van der Waals surface area contributed by atoms with Crippen molar-refractivity contribution in [3.05, 3.63) is 17.6 Å². The maximum absolute atomic E-state index is 6.40. The average molecular weight is 254 g/mol. The van der Waals surface area contributed by atoms with Gasteiger partial charge in [0.25, 0.3) is 0 Å². The first kappa shape index (κ1) is 12.6. The highest BCUT2D eigenvalue weighted by Crippen LogP contribution is 2.24. The molecule has 0 spiro atoms. The molecule has 1 aliphatic rings. The van der Waals surface area contributed by atoms with Gasteiger partial charge in [0.2, 0.25) is 0 Å². The van der Waals surface area contributed by atoms with Gasteiger partial charge in [0.05, 0.1) is 23.0 Å². The Bertz CT molecular complexity index is 381. The first-order valence-electron chi connectivity index (χ1n) is 6.37. The fraction of sp³-hybridized carbons (Fsp3) is 0.692. The van der Waals surface area contributed by atoms with Crippen LogP contribution in [0.4, 0.5) is 5.82 Å². The molecule has 1 aromatic heterocycles. The third kappa shape index (κ3) is 3.32. The van der Waals surface area contributed by atoms with Crippen LogP contribution in [0.15, 0.2) is 6.20 Å². The molecule has 0 amide bonds. The number of alkyl halides is 1. The summed E-state index contributed by atoms with van der Waals surface area (Å²) in [5.74, 6) is 0.852. The molecule has 94 valence electrons. The zero-order valence-corrected chi connectivity index (χ0v) is 11.3. The quantitative estimate of drug-likeness (QED) is 0.648. The van der Waals surface area contributed by atoms with E-state index in [0.717, 1.165) is 30.0 Å². The largest absolute Gasteiger partial charge is 0.365 e. The van der Waals surface area contributed by atoms with Crippen molar-refractivity contribution in [2.45, 2.75) is 57.4 Å². The third-order valence-electron chi connectivity index (χ3n) is 3.46. The molecule has 1 saturated carbocycles. The molecule has 3 nitrogen and oxygen atoms in total. The second-order valence-corrected chi connectivity index (χ2v) is 5.39. The lowest BCUT2D eigenvalue weighted by molar-refractivity contribution is 0.624. The van der Waals surface area contributed by atoms with E-state index in [0.29, 0.717) is 6.04 Å². The topological polar surface area (TPSA) is 37.8 Å². The first-order chi connectivity index (χ1) is 8.16. The normalized spacial score (nSPS) is 25.4. The summed E-state index contributed by atoms with van der Waals surface area (Å²) in [7, 11) is 0. The van der Waals surface area contributed by atoms with Crippen LogP contribution < -0.4 is 5.32 Å². The molecule has 0 aromatic carbocycles. The Morgan fingerprint density at radius 1 is 1.18 bits per heavy atom. The van der Waals surface area contributed by atoms with Crippen LogP contribution in [0.1, 0.15) is 43.5 Å². The second-order valence-electron chi connectivity index (χ2n) is 4.83. The van der Waals surface area contributed by atoms with E-state index in [2.05, 4.69) is 15.3 Å². The number of anilines is 1. The first-order valence-corrected chi connectivity index (χ1v) is 6.81. The molecule has 1 aliphatic carbocycles. The van der Waals surface area contributed by atoms with Crippen LogP contribution >= 0.6 is 11.6 Å². The molecular weight excluding hydrogens is 234 g/mol. The SMILES string of the molecule is Cc1ncc(NC2CCCCCC2Cl)nc1C. The Morgan fingerprint density at radius 2 is 1.94 bits per heavy atom. The van der Waals surface area contributed by atoms with E-state index in [1.165, 1.54) is 19.3 Å². The van der Waals surface area contributed by atoms with Crippen LogP contribution in [-0.4, -0.2) is 21.4 Å². The van der Waals surface area contributed by atoms with E-state index in [1.54, 1.807) is 6.20 Å². The van der Waals surface area contributed by atoms with Gasteiger partial charge in [0, 0.05) is 6.04 Å². The number of hydrogen-bond acceptors (Lipinski definition) is 3. The molecule has 0 saturated heterocycles. The lowest BCUT2D eigenvalue weighted by atomic mass is 10.1. The van der Waals surface area contributed by atoms with Gasteiger partial charge in [-0.25, -0.2) is 4.98 Å². The van der Waals surface area contributed by atoms with E-state index in [4.69, 9.17) is 11.6 Å². The molecule has 2 unspecified atom stereocenters. The smallest absolute Gasteiger partial charge is 0.145 e. The van der Waals surface area contributed by atoms with Crippen molar-refractivity contribution < 1.29 is 0 Å². The molecule has 1 aromatic rings. The van der Waals surface area contributed by atoms with Gasteiger partial charge in [-0.1, -0.05) is 19.3 Å². The lowest BCUT2D eigenvalue weighted by Crippen LogP contribution is -2.29. The zero-order chi connectivity index (χ0) is 12.3. The molecule has 2 rings (SSSR count). The fourth-order valence-corrected chi connectivity index (χ4v) is 2.57. The van der Waals surface area contributed by atoms with Crippen molar-refractivity contribution in [3.8, 4) is 0 Å². The Balaban J connectivity index is 2.05. The van der Waals surface area contributed by atoms with Gasteiger partial charge in [-0.05, 0) is 26.7 Å². The van der Waals surface area contributed by atoms with E-state index < -0.39 is 0 Å². The molecule has 2 atom stereocenters. The minimum Gasteiger partial charge on any atom is -0.365 e.